The Bertz CT molecular complexity index is 2270. The number of amides is 2. The van der Waals surface area contributed by atoms with Crippen molar-refractivity contribution >= 4 is 22.9 Å². The molecule has 0 saturated carbocycles. The van der Waals surface area contributed by atoms with Crippen molar-refractivity contribution in [2.24, 2.45) is 11.8 Å². The van der Waals surface area contributed by atoms with Crippen LogP contribution in [0, 0.1) is 11.8 Å². The number of phenolic OH excluding ortho intramolecular Hbond substituents is 1. The number of ether oxygens (including phenoxy) is 1. The monoisotopic (exact) mass is 785 g/mol. The zero-order valence-corrected chi connectivity index (χ0v) is 32.5. The molecule has 5 N–H and O–H groups in total. The van der Waals surface area contributed by atoms with Crippen molar-refractivity contribution in [2.45, 2.75) is 50.4 Å². The van der Waals surface area contributed by atoms with Crippen LogP contribution < -0.4 is 15.6 Å². The van der Waals surface area contributed by atoms with Crippen molar-refractivity contribution in [2.75, 3.05) is 45.9 Å². The number of carbonyl (C=O) groups excluding carboxylic acids is 1. The molecule has 12 heteroatoms. The van der Waals surface area contributed by atoms with Gasteiger partial charge in [-0.3, -0.25) is 14.5 Å². The number of likely N-dealkylation sites (tertiary alicyclic amines) is 1. The maximum absolute atomic E-state index is 13.4. The molecule has 5 aromatic rings. The predicted octanol–water partition coefficient (Wildman–Crippen LogP) is 6.15. The van der Waals surface area contributed by atoms with Gasteiger partial charge in [0.1, 0.15) is 11.5 Å². The molecule has 4 saturated heterocycles. The number of benzene rings is 4. The van der Waals surface area contributed by atoms with E-state index in [0.29, 0.717) is 59.9 Å². The molecule has 4 aromatic carbocycles. The van der Waals surface area contributed by atoms with Gasteiger partial charge in [0.25, 0.3) is 5.91 Å². The van der Waals surface area contributed by atoms with Crippen LogP contribution in [0.1, 0.15) is 70.4 Å². The third-order valence-corrected chi connectivity index (χ3v) is 12.3. The molecule has 9 rings (SSSR count). The first-order chi connectivity index (χ1) is 28.2. The Morgan fingerprint density at radius 2 is 1.60 bits per heavy atom. The number of hydrogen-bond acceptors (Lipinski definition) is 8. The summed E-state index contributed by atoms with van der Waals surface area (Å²) in [5.74, 6) is 1.30. The van der Waals surface area contributed by atoms with Crippen LogP contribution in [-0.4, -0.2) is 98.9 Å². The molecular formula is C46H51N5O7. The second-order valence-corrected chi connectivity index (χ2v) is 16.0. The number of nitrogens with one attached hydrogen (secondary N) is 2. The minimum atomic E-state index is -0.900. The molecule has 2 unspecified atom stereocenters. The van der Waals surface area contributed by atoms with Crippen molar-refractivity contribution in [3.63, 3.8) is 0 Å². The summed E-state index contributed by atoms with van der Waals surface area (Å²) < 4.78 is 6.38. The normalized spacial score (nSPS) is 20.4. The summed E-state index contributed by atoms with van der Waals surface area (Å²) in [6.45, 7) is 5.36. The number of H-pyrrole nitrogens is 1. The molecule has 58 heavy (non-hydrogen) atoms. The highest BCUT2D eigenvalue weighted by Gasteiger charge is 2.43. The number of phenols is 1. The molecular weight excluding hydrogens is 735 g/mol. The zero-order valence-electron chi connectivity index (χ0n) is 32.5. The number of aliphatic hydroxyl groups excluding tert-OH is 1. The van der Waals surface area contributed by atoms with Gasteiger partial charge in [0.15, 0.2) is 0 Å². The van der Waals surface area contributed by atoms with Crippen LogP contribution in [-0.2, 0) is 6.54 Å². The van der Waals surface area contributed by atoms with Crippen molar-refractivity contribution in [3.05, 3.63) is 141 Å². The quantitative estimate of drug-likeness (QED) is 0.0945. The lowest BCUT2D eigenvalue weighted by molar-refractivity contribution is -0.000816. The van der Waals surface area contributed by atoms with Gasteiger partial charge in [0, 0.05) is 49.7 Å². The maximum Gasteiger partial charge on any atom is 0.408 e. The lowest BCUT2D eigenvalue weighted by Gasteiger charge is -2.50. The molecule has 3 atom stereocenters. The second kappa shape index (κ2) is 17.4. The standard InChI is InChI=1S/C46H51N5O7/c52-40-15-13-37(38-14-16-42(54)48-43(38)40)41(53)27-47-26-30-9-11-34(12-10-30)45(55)50-23-17-31(18-24-50)29-58-36-8-4-7-35(25-36)44(33-5-2-1-3-6-33)51(46(56)57)39-28-49-21-19-32(39)20-22-49/h1-16,25,31-32,39,41,44,47,52-53H,17-24,26-29H2,(H,48,54)(H,56,57)/t39?,41?,44-/m0/s1. The Morgan fingerprint density at radius 3 is 2.31 bits per heavy atom. The van der Waals surface area contributed by atoms with Gasteiger partial charge in [-0.05, 0) is 109 Å². The SMILES string of the molecule is O=C(c1ccc(CNCC(O)c2ccc(O)c3[nH]c(=O)ccc23)cc1)N1CCC(COc2cccc([C@H](c3ccccc3)N(C(=O)O)C3CN4CCC3CC4)c2)CC1. The van der Waals surface area contributed by atoms with Gasteiger partial charge in [-0.15, -0.1) is 0 Å². The number of pyridine rings is 1. The number of hydrogen-bond donors (Lipinski definition) is 5. The lowest BCUT2D eigenvalue weighted by atomic mass is 9.81. The molecule has 12 nitrogen and oxygen atoms in total. The molecule has 0 spiro atoms. The summed E-state index contributed by atoms with van der Waals surface area (Å²) in [6, 6.07) is 30.9. The van der Waals surface area contributed by atoms with E-state index in [1.807, 2.05) is 83.8 Å². The number of rotatable bonds is 13. The molecule has 4 aliphatic heterocycles. The summed E-state index contributed by atoms with van der Waals surface area (Å²) in [4.78, 5) is 46.8. The molecule has 4 aliphatic rings. The number of nitrogens with zero attached hydrogens (tertiary/aromatic N) is 3. The largest absolute Gasteiger partial charge is 0.506 e. The number of aromatic amines is 1. The number of aliphatic hydroxyl groups is 1. The number of aromatic hydroxyl groups is 1. The maximum atomic E-state index is 13.4. The Balaban J connectivity index is 0.834. The lowest BCUT2D eigenvalue weighted by Crippen LogP contribution is -2.59. The van der Waals surface area contributed by atoms with Gasteiger partial charge in [-0.25, -0.2) is 4.79 Å². The molecule has 302 valence electrons. The van der Waals surface area contributed by atoms with E-state index in [-0.39, 0.29) is 35.7 Å². The number of carbonyl (C=O) groups is 2. The Hall–Kier alpha value is -5.69. The number of aromatic nitrogens is 1. The summed E-state index contributed by atoms with van der Waals surface area (Å²) >= 11 is 0. The molecule has 1 aromatic heterocycles. The Morgan fingerprint density at radius 1 is 0.862 bits per heavy atom. The third kappa shape index (κ3) is 8.59. The number of carboxylic acid groups (broad SMARTS) is 1. The average molecular weight is 786 g/mol. The predicted molar refractivity (Wildman–Crippen MR) is 221 cm³/mol. The number of fused-ring (bicyclic) bond motifs is 4. The van der Waals surface area contributed by atoms with Crippen molar-refractivity contribution < 1.29 is 29.6 Å². The highest BCUT2D eigenvalue weighted by Crippen LogP contribution is 2.39. The first-order valence-electron chi connectivity index (χ1n) is 20.3. The van der Waals surface area contributed by atoms with E-state index in [2.05, 4.69) is 15.2 Å². The summed E-state index contributed by atoms with van der Waals surface area (Å²) in [5, 5.41) is 35.5. The summed E-state index contributed by atoms with van der Waals surface area (Å²) in [5.41, 5.74) is 3.99. The van der Waals surface area contributed by atoms with E-state index >= 15 is 0 Å². The van der Waals surface area contributed by atoms with E-state index in [9.17, 15) is 29.7 Å². The number of piperidine rings is 4. The average Bonchev–Trinajstić information content (AvgIpc) is 3.26. The van der Waals surface area contributed by atoms with Gasteiger partial charge in [-0.2, -0.15) is 0 Å². The van der Waals surface area contributed by atoms with E-state index in [1.165, 1.54) is 12.1 Å². The van der Waals surface area contributed by atoms with E-state index in [1.54, 1.807) is 17.0 Å². The first-order valence-corrected chi connectivity index (χ1v) is 20.3. The van der Waals surface area contributed by atoms with Gasteiger partial charge >= 0.3 is 6.09 Å². The molecule has 5 heterocycles. The van der Waals surface area contributed by atoms with Crippen LogP contribution in [0.2, 0.25) is 0 Å². The third-order valence-electron chi connectivity index (χ3n) is 12.3. The highest BCUT2D eigenvalue weighted by atomic mass is 16.5. The highest BCUT2D eigenvalue weighted by molar-refractivity contribution is 5.94. The van der Waals surface area contributed by atoms with Crippen LogP contribution in [0.5, 0.6) is 11.5 Å². The summed E-state index contributed by atoms with van der Waals surface area (Å²) in [7, 11) is 0. The van der Waals surface area contributed by atoms with Crippen molar-refractivity contribution in [1.82, 2.24) is 25.0 Å². The fourth-order valence-corrected chi connectivity index (χ4v) is 9.09. The van der Waals surface area contributed by atoms with Crippen LogP contribution in [0.4, 0.5) is 4.79 Å². The van der Waals surface area contributed by atoms with Crippen molar-refractivity contribution in [1.29, 1.82) is 0 Å². The molecule has 2 amide bonds. The Kier molecular flexibility index (Phi) is 11.8. The van der Waals surface area contributed by atoms with E-state index in [4.69, 9.17) is 4.74 Å². The van der Waals surface area contributed by atoms with E-state index < -0.39 is 18.2 Å². The van der Waals surface area contributed by atoms with Gasteiger partial charge < -0.3 is 40.2 Å². The van der Waals surface area contributed by atoms with Crippen LogP contribution in [0.15, 0.2) is 108 Å². The molecule has 2 bridgehead atoms. The van der Waals surface area contributed by atoms with Gasteiger partial charge in [-0.1, -0.05) is 60.7 Å². The fraction of sp³-hybridized carbons (Fsp3) is 0.370. The minimum Gasteiger partial charge on any atom is -0.506 e. The smallest absolute Gasteiger partial charge is 0.408 e. The van der Waals surface area contributed by atoms with Gasteiger partial charge in [0.2, 0.25) is 5.56 Å². The van der Waals surface area contributed by atoms with Crippen LogP contribution >= 0.6 is 0 Å². The van der Waals surface area contributed by atoms with Gasteiger partial charge in [0.05, 0.1) is 30.3 Å². The first kappa shape index (κ1) is 39.2. The molecule has 0 aliphatic carbocycles. The Labute approximate surface area is 337 Å². The van der Waals surface area contributed by atoms with Crippen LogP contribution in [0.3, 0.4) is 0 Å². The minimum absolute atomic E-state index is 0.00261. The topological polar surface area (TPSA) is 159 Å². The molecule has 0 radical (unpaired) electrons. The zero-order chi connectivity index (χ0) is 40.2. The summed E-state index contributed by atoms with van der Waals surface area (Å²) in [6.07, 6.45) is 1.92. The van der Waals surface area contributed by atoms with E-state index in [0.717, 1.165) is 62.0 Å². The second-order valence-electron chi connectivity index (χ2n) is 16.0. The van der Waals surface area contributed by atoms with Crippen molar-refractivity contribution in [3.8, 4) is 11.5 Å². The van der Waals surface area contributed by atoms with Crippen LogP contribution in [0.25, 0.3) is 10.9 Å². The molecule has 4 fully saturated rings. The fourth-order valence-electron chi connectivity index (χ4n) is 9.09.